The highest BCUT2D eigenvalue weighted by Crippen LogP contribution is 2.30. The lowest BCUT2D eigenvalue weighted by atomic mass is 10.2. The molecule has 1 amide bonds. The van der Waals surface area contributed by atoms with E-state index in [9.17, 15) is 4.79 Å². The molecule has 0 bridgehead atoms. The van der Waals surface area contributed by atoms with E-state index in [2.05, 4.69) is 20.9 Å². The maximum Gasteiger partial charge on any atom is 0.270 e. The lowest BCUT2D eigenvalue weighted by Gasteiger charge is -1.95. The van der Waals surface area contributed by atoms with Gasteiger partial charge >= 0.3 is 0 Å². The number of thiazole rings is 1. The number of hydrogen-bond donors (Lipinski definition) is 2. The molecule has 1 heterocycles. The van der Waals surface area contributed by atoms with Crippen molar-refractivity contribution in [1.82, 2.24) is 4.98 Å². The lowest BCUT2D eigenvalue weighted by molar-refractivity contribution is 0.0997. The molecular formula is C10H8BrN3OS. The van der Waals surface area contributed by atoms with Crippen LogP contribution in [0.1, 0.15) is 10.5 Å². The molecule has 4 nitrogen and oxygen atoms in total. The molecule has 0 aliphatic carbocycles. The van der Waals surface area contributed by atoms with E-state index in [1.54, 1.807) is 0 Å². The average Bonchev–Trinajstić information content (AvgIpc) is 2.61. The maximum atomic E-state index is 11.0. The van der Waals surface area contributed by atoms with Crippen molar-refractivity contribution in [1.29, 1.82) is 0 Å². The molecule has 0 radical (unpaired) electrons. The Labute approximate surface area is 104 Å². The first kappa shape index (κ1) is 11.1. The van der Waals surface area contributed by atoms with Gasteiger partial charge in [0.15, 0.2) is 5.69 Å². The predicted molar refractivity (Wildman–Crippen MR) is 68.2 cm³/mol. The molecule has 6 heteroatoms. The Morgan fingerprint density at radius 1 is 1.31 bits per heavy atom. The molecule has 0 aliphatic heterocycles. The van der Waals surface area contributed by atoms with E-state index in [0.29, 0.717) is 10.0 Å². The molecular weight excluding hydrogens is 290 g/mol. The van der Waals surface area contributed by atoms with Gasteiger partial charge in [-0.2, -0.15) is 0 Å². The third-order valence-corrected chi connectivity index (χ3v) is 3.44. The number of nitrogen functional groups attached to an aromatic ring is 1. The van der Waals surface area contributed by atoms with Crippen LogP contribution in [-0.2, 0) is 0 Å². The molecule has 1 aromatic carbocycles. The van der Waals surface area contributed by atoms with E-state index in [1.165, 1.54) is 11.3 Å². The number of rotatable bonds is 2. The van der Waals surface area contributed by atoms with Gasteiger partial charge in [-0.3, -0.25) is 4.79 Å². The minimum Gasteiger partial charge on any atom is -0.389 e. The zero-order valence-corrected chi connectivity index (χ0v) is 10.5. The summed E-state index contributed by atoms with van der Waals surface area (Å²) in [4.78, 5) is 15.1. The van der Waals surface area contributed by atoms with Crippen LogP contribution in [-0.4, -0.2) is 10.9 Å². The fourth-order valence-electron chi connectivity index (χ4n) is 1.22. The number of halogens is 1. The summed E-state index contributed by atoms with van der Waals surface area (Å²) in [5.74, 6) is -0.600. The first-order valence-electron chi connectivity index (χ1n) is 4.40. The van der Waals surface area contributed by atoms with Gasteiger partial charge in [0.05, 0.1) is 0 Å². The Balaban J connectivity index is 2.45. The van der Waals surface area contributed by atoms with E-state index in [4.69, 9.17) is 11.5 Å². The Morgan fingerprint density at radius 3 is 2.44 bits per heavy atom. The number of amides is 1. The van der Waals surface area contributed by atoms with Crippen molar-refractivity contribution in [3.05, 3.63) is 34.4 Å². The van der Waals surface area contributed by atoms with Gasteiger partial charge in [-0.15, -0.1) is 0 Å². The van der Waals surface area contributed by atoms with Crippen molar-refractivity contribution in [3.63, 3.8) is 0 Å². The van der Waals surface area contributed by atoms with Crippen LogP contribution in [0.5, 0.6) is 0 Å². The largest absolute Gasteiger partial charge is 0.389 e. The molecule has 0 atom stereocenters. The van der Waals surface area contributed by atoms with Gasteiger partial charge in [0, 0.05) is 10.0 Å². The molecule has 4 N–H and O–H groups in total. The van der Waals surface area contributed by atoms with Gasteiger partial charge in [0.25, 0.3) is 5.91 Å². The van der Waals surface area contributed by atoms with Crippen LogP contribution >= 0.6 is 27.3 Å². The highest BCUT2D eigenvalue weighted by atomic mass is 79.9. The molecule has 0 aliphatic rings. The van der Waals surface area contributed by atoms with Crippen LogP contribution in [0.15, 0.2) is 28.7 Å². The number of anilines is 1. The molecule has 1 aromatic heterocycles. The topological polar surface area (TPSA) is 82.0 Å². The summed E-state index contributed by atoms with van der Waals surface area (Å²) in [5, 5.41) is 1.05. The maximum absolute atomic E-state index is 11.0. The minimum absolute atomic E-state index is 0.142. The zero-order chi connectivity index (χ0) is 11.7. The number of aromatic nitrogens is 1. The van der Waals surface area contributed by atoms with Crippen LogP contribution in [0.4, 0.5) is 5.00 Å². The van der Waals surface area contributed by atoms with E-state index >= 15 is 0 Å². The van der Waals surface area contributed by atoms with Gasteiger partial charge in [0.2, 0.25) is 0 Å². The number of hydrogen-bond acceptors (Lipinski definition) is 4. The van der Waals surface area contributed by atoms with Crippen molar-refractivity contribution >= 4 is 38.2 Å². The first-order chi connectivity index (χ1) is 7.58. The van der Waals surface area contributed by atoms with Gasteiger partial charge in [-0.05, 0) is 12.1 Å². The Morgan fingerprint density at radius 2 is 1.94 bits per heavy atom. The summed E-state index contributed by atoms with van der Waals surface area (Å²) in [6.07, 6.45) is 0. The standard InChI is InChI=1S/C10H8BrN3OS/c11-6-3-1-5(2-4-6)10-14-7(8(12)15)9(13)16-10/h1-4H,13H2,(H2,12,15). The molecule has 0 saturated carbocycles. The van der Waals surface area contributed by atoms with Crippen LogP contribution in [0.2, 0.25) is 0 Å². The third-order valence-electron chi connectivity index (χ3n) is 1.98. The lowest BCUT2D eigenvalue weighted by Crippen LogP contribution is -2.13. The number of nitrogens with zero attached hydrogens (tertiary/aromatic N) is 1. The van der Waals surface area contributed by atoms with E-state index in [1.807, 2.05) is 24.3 Å². The van der Waals surface area contributed by atoms with Crippen molar-refractivity contribution < 1.29 is 4.79 Å². The second-order valence-electron chi connectivity index (χ2n) is 3.10. The molecule has 16 heavy (non-hydrogen) atoms. The smallest absolute Gasteiger partial charge is 0.270 e. The van der Waals surface area contributed by atoms with E-state index < -0.39 is 5.91 Å². The van der Waals surface area contributed by atoms with Crippen LogP contribution < -0.4 is 11.5 Å². The fraction of sp³-hybridized carbons (Fsp3) is 0. The summed E-state index contributed by atoms with van der Waals surface area (Å²) in [7, 11) is 0. The molecule has 0 spiro atoms. The Kier molecular flexibility index (Phi) is 2.93. The predicted octanol–water partition coefficient (Wildman–Crippen LogP) is 2.25. The van der Waals surface area contributed by atoms with Gasteiger partial charge in [-0.25, -0.2) is 4.98 Å². The van der Waals surface area contributed by atoms with Crippen LogP contribution in [0.3, 0.4) is 0 Å². The highest BCUT2D eigenvalue weighted by Gasteiger charge is 2.14. The molecule has 0 saturated heterocycles. The van der Waals surface area contributed by atoms with Gasteiger partial charge in [-0.1, -0.05) is 39.4 Å². The molecule has 0 fully saturated rings. The normalized spacial score (nSPS) is 10.3. The third kappa shape index (κ3) is 2.07. The molecule has 2 aromatic rings. The summed E-state index contributed by atoms with van der Waals surface area (Å²) in [6.45, 7) is 0. The van der Waals surface area contributed by atoms with Gasteiger partial charge in [0.1, 0.15) is 10.0 Å². The minimum atomic E-state index is -0.600. The number of primary amides is 1. The van der Waals surface area contributed by atoms with Crippen molar-refractivity contribution in [2.75, 3.05) is 5.73 Å². The van der Waals surface area contributed by atoms with Crippen molar-refractivity contribution in [2.45, 2.75) is 0 Å². The first-order valence-corrected chi connectivity index (χ1v) is 6.01. The summed E-state index contributed by atoms with van der Waals surface area (Å²) in [5.41, 5.74) is 11.9. The van der Waals surface area contributed by atoms with Crippen molar-refractivity contribution in [2.24, 2.45) is 5.73 Å². The fourth-order valence-corrected chi connectivity index (χ4v) is 2.33. The monoisotopic (exact) mass is 297 g/mol. The van der Waals surface area contributed by atoms with Crippen molar-refractivity contribution in [3.8, 4) is 10.6 Å². The van der Waals surface area contributed by atoms with Crippen LogP contribution in [0.25, 0.3) is 10.6 Å². The summed E-state index contributed by atoms with van der Waals surface area (Å²) in [6, 6.07) is 7.59. The highest BCUT2D eigenvalue weighted by molar-refractivity contribution is 9.10. The second-order valence-corrected chi connectivity index (χ2v) is 5.05. The Bertz CT molecular complexity index is 535. The zero-order valence-electron chi connectivity index (χ0n) is 8.11. The van der Waals surface area contributed by atoms with E-state index in [-0.39, 0.29) is 5.69 Å². The average molecular weight is 298 g/mol. The summed E-state index contributed by atoms with van der Waals surface area (Å²) >= 11 is 4.60. The SMILES string of the molecule is NC(=O)c1nc(-c2ccc(Br)cc2)sc1N. The number of benzene rings is 1. The van der Waals surface area contributed by atoms with E-state index in [0.717, 1.165) is 10.0 Å². The summed E-state index contributed by atoms with van der Waals surface area (Å²) < 4.78 is 0.982. The number of carbonyl (C=O) groups is 1. The molecule has 2 rings (SSSR count). The quantitative estimate of drug-likeness (QED) is 0.892. The number of nitrogens with two attached hydrogens (primary N) is 2. The number of carbonyl (C=O) groups excluding carboxylic acids is 1. The molecule has 82 valence electrons. The van der Waals surface area contributed by atoms with Gasteiger partial charge < -0.3 is 11.5 Å². The Hall–Kier alpha value is -1.40. The second kappa shape index (κ2) is 4.23. The van der Waals surface area contributed by atoms with Crippen LogP contribution in [0, 0.1) is 0 Å². The molecule has 0 unspecified atom stereocenters.